The third kappa shape index (κ3) is 6.76. The van der Waals surface area contributed by atoms with Gasteiger partial charge in [-0.15, -0.1) is 0 Å². The molecular weight excluding hydrogens is 490 g/mol. The Morgan fingerprint density at radius 1 is 0.946 bits per heavy atom. The number of anilines is 1. The van der Waals surface area contributed by atoms with Gasteiger partial charge in [0.2, 0.25) is 5.91 Å². The van der Waals surface area contributed by atoms with Crippen molar-refractivity contribution in [2.45, 2.75) is 76.4 Å². The number of nitrogens with two attached hydrogens (primary N) is 1. The zero-order valence-electron chi connectivity index (χ0n) is 21.8. The zero-order chi connectivity index (χ0) is 26.4. The Bertz CT molecular complexity index is 1090. The minimum absolute atomic E-state index is 0.0797. The fraction of sp³-hybridized carbons (Fsp3) is 0.517. The fourth-order valence-corrected chi connectivity index (χ4v) is 5.70. The van der Waals surface area contributed by atoms with Gasteiger partial charge < -0.3 is 25.4 Å². The number of carbonyl (C=O) groups is 2. The minimum Gasteiger partial charge on any atom is -0.493 e. The summed E-state index contributed by atoms with van der Waals surface area (Å²) in [6.07, 6.45) is 9.00. The molecule has 4 rings (SSSR count). The number of halogens is 1. The summed E-state index contributed by atoms with van der Waals surface area (Å²) in [5.41, 5.74) is 8.05. The van der Waals surface area contributed by atoms with Crippen LogP contribution in [0.15, 0.2) is 36.4 Å². The summed E-state index contributed by atoms with van der Waals surface area (Å²) < 4.78 is 10.6. The quantitative estimate of drug-likeness (QED) is 0.453. The maximum Gasteiger partial charge on any atom is 0.255 e. The molecule has 0 saturated heterocycles. The Kier molecular flexibility index (Phi) is 9.33. The number of carbonyl (C=O) groups excluding carboxylic acids is 2. The lowest BCUT2D eigenvalue weighted by atomic mass is 9.85. The molecule has 2 amide bonds. The first kappa shape index (κ1) is 27.3. The largest absolute Gasteiger partial charge is 0.493 e. The average Bonchev–Trinajstić information content (AvgIpc) is 2.93. The van der Waals surface area contributed by atoms with Crippen molar-refractivity contribution in [1.82, 2.24) is 4.90 Å². The Labute approximate surface area is 224 Å². The molecule has 200 valence electrons. The molecule has 2 saturated carbocycles. The highest BCUT2D eigenvalue weighted by atomic mass is 35.5. The highest BCUT2D eigenvalue weighted by Crippen LogP contribution is 2.33. The summed E-state index contributed by atoms with van der Waals surface area (Å²) in [7, 11) is 3.09. The molecule has 0 radical (unpaired) electrons. The van der Waals surface area contributed by atoms with Crippen molar-refractivity contribution in [3.05, 3.63) is 52.5 Å². The van der Waals surface area contributed by atoms with Gasteiger partial charge in [0.1, 0.15) is 0 Å². The van der Waals surface area contributed by atoms with E-state index in [9.17, 15) is 9.59 Å². The number of hydrogen-bond acceptors (Lipinski definition) is 5. The molecule has 2 aromatic rings. The van der Waals surface area contributed by atoms with Crippen LogP contribution in [-0.4, -0.2) is 43.0 Å². The molecule has 0 aliphatic heterocycles. The van der Waals surface area contributed by atoms with E-state index in [4.69, 9.17) is 26.8 Å². The molecule has 0 atom stereocenters. The van der Waals surface area contributed by atoms with Gasteiger partial charge in [-0.25, -0.2) is 0 Å². The summed E-state index contributed by atoms with van der Waals surface area (Å²) in [6.45, 7) is 0.425. The van der Waals surface area contributed by atoms with Gasteiger partial charge in [-0.05, 0) is 80.5 Å². The van der Waals surface area contributed by atoms with Crippen LogP contribution in [0, 0.1) is 5.92 Å². The first-order valence-electron chi connectivity index (χ1n) is 13.3. The summed E-state index contributed by atoms with van der Waals surface area (Å²) in [5.74, 6) is 1.08. The second-order valence-corrected chi connectivity index (χ2v) is 10.6. The van der Waals surface area contributed by atoms with Crippen LogP contribution >= 0.6 is 11.6 Å². The van der Waals surface area contributed by atoms with E-state index in [1.807, 2.05) is 11.0 Å². The number of ether oxygens (including phenoxy) is 2. The van der Waals surface area contributed by atoms with Gasteiger partial charge in [0.05, 0.1) is 14.2 Å². The van der Waals surface area contributed by atoms with Crippen molar-refractivity contribution >= 4 is 29.1 Å². The van der Waals surface area contributed by atoms with Crippen molar-refractivity contribution < 1.29 is 19.1 Å². The van der Waals surface area contributed by atoms with Crippen LogP contribution in [0.2, 0.25) is 5.02 Å². The summed E-state index contributed by atoms with van der Waals surface area (Å²) in [5, 5.41) is 3.53. The minimum atomic E-state index is -0.273. The van der Waals surface area contributed by atoms with E-state index in [1.165, 1.54) is 13.5 Å². The number of nitrogens with zero attached hydrogens (tertiary/aromatic N) is 1. The summed E-state index contributed by atoms with van der Waals surface area (Å²) >= 11 is 6.62. The lowest BCUT2D eigenvalue weighted by Gasteiger charge is -2.39. The standard InChI is InChI=1S/C29H38ClN3O4/c1-36-26-15-8-20(17-27(26)37-2)28(34)32-23-11-14-25(30)21(16-23)18-33(24-12-9-22(31)10-13-24)29(35)19-6-4-3-5-7-19/h8,11,14-17,19,22,24H,3-7,9-10,12-13,18,31H2,1-2H3,(H,32,34). The van der Waals surface area contributed by atoms with Crippen LogP contribution in [0.5, 0.6) is 11.5 Å². The molecule has 0 spiro atoms. The molecule has 0 bridgehead atoms. The summed E-state index contributed by atoms with van der Waals surface area (Å²) in [6, 6.07) is 10.8. The maximum absolute atomic E-state index is 13.7. The van der Waals surface area contributed by atoms with Gasteiger partial charge in [0.15, 0.2) is 11.5 Å². The van der Waals surface area contributed by atoms with Crippen LogP contribution in [0.1, 0.15) is 73.7 Å². The molecule has 3 N–H and O–H groups in total. The van der Waals surface area contributed by atoms with Crippen molar-refractivity contribution in [1.29, 1.82) is 0 Å². The van der Waals surface area contributed by atoms with E-state index in [2.05, 4.69) is 5.32 Å². The molecule has 8 heteroatoms. The number of benzene rings is 2. The van der Waals surface area contributed by atoms with E-state index in [-0.39, 0.29) is 29.8 Å². The first-order chi connectivity index (χ1) is 17.9. The monoisotopic (exact) mass is 527 g/mol. The first-order valence-corrected chi connectivity index (χ1v) is 13.6. The van der Waals surface area contributed by atoms with Gasteiger partial charge in [-0.2, -0.15) is 0 Å². The van der Waals surface area contributed by atoms with Crippen LogP contribution in [-0.2, 0) is 11.3 Å². The second-order valence-electron chi connectivity index (χ2n) is 10.2. The number of nitrogens with one attached hydrogen (secondary N) is 1. The van der Waals surface area contributed by atoms with Crippen LogP contribution in [0.25, 0.3) is 0 Å². The van der Waals surface area contributed by atoms with Gasteiger partial charge in [-0.1, -0.05) is 30.9 Å². The molecule has 2 fully saturated rings. The smallest absolute Gasteiger partial charge is 0.255 e. The van der Waals surface area contributed by atoms with Gasteiger partial charge in [-0.3, -0.25) is 9.59 Å². The highest BCUT2D eigenvalue weighted by Gasteiger charge is 2.33. The van der Waals surface area contributed by atoms with Crippen LogP contribution in [0.4, 0.5) is 5.69 Å². The SMILES string of the molecule is COc1ccc(C(=O)Nc2ccc(Cl)c(CN(C(=O)C3CCCCC3)C3CCC(N)CC3)c2)cc1OC. The van der Waals surface area contributed by atoms with E-state index in [1.54, 1.807) is 37.4 Å². The third-order valence-corrected chi connectivity index (χ3v) is 8.08. The Morgan fingerprint density at radius 3 is 2.32 bits per heavy atom. The topological polar surface area (TPSA) is 93.9 Å². The molecule has 2 aliphatic carbocycles. The van der Waals surface area contributed by atoms with Crippen molar-refractivity contribution in [2.75, 3.05) is 19.5 Å². The molecule has 37 heavy (non-hydrogen) atoms. The lowest BCUT2D eigenvalue weighted by molar-refractivity contribution is -0.140. The van der Waals surface area contributed by atoms with E-state index in [0.29, 0.717) is 34.3 Å². The molecule has 7 nitrogen and oxygen atoms in total. The van der Waals surface area contributed by atoms with Gasteiger partial charge in [0, 0.05) is 40.8 Å². The van der Waals surface area contributed by atoms with Crippen LogP contribution in [0.3, 0.4) is 0 Å². The number of methoxy groups -OCH3 is 2. The zero-order valence-corrected chi connectivity index (χ0v) is 22.6. The van der Waals surface area contributed by atoms with Crippen molar-refractivity contribution in [3.8, 4) is 11.5 Å². The molecule has 2 aromatic carbocycles. The van der Waals surface area contributed by atoms with E-state index in [0.717, 1.165) is 56.9 Å². The maximum atomic E-state index is 13.7. The molecule has 0 aromatic heterocycles. The fourth-order valence-electron chi connectivity index (χ4n) is 5.52. The van der Waals surface area contributed by atoms with E-state index >= 15 is 0 Å². The van der Waals surface area contributed by atoms with Crippen LogP contribution < -0.4 is 20.5 Å². The van der Waals surface area contributed by atoms with Gasteiger partial charge in [0.25, 0.3) is 5.91 Å². The second kappa shape index (κ2) is 12.7. The van der Waals surface area contributed by atoms with Gasteiger partial charge >= 0.3 is 0 Å². The summed E-state index contributed by atoms with van der Waals surface area (Å²) in [4.78, 5) is 28.7. The normalized spacial score (nSPS) is 20.2. The van der Waals surface area contributed by atoms with Crippen molar-refractivity contribution in [3.63, 3.8) is 0 Å². The Balaban J connectivity index is 1.53. The molecule has 0 heterocycles. The Hall–Kier alpha value is -2.77. The van der Waals surface area contributed by atoms with Crippen molar-refractivity contribution in [2.24, 2.45) is 11.7 Å². The number of amides is 2. The van der Waals surface area contributed by atoms with E-state index < -0.39 is 0 Å². The average molecular weight is 528 g/mol. The highest BCUT2D eigenvalue weighted by molar-refractivity contribution is 6.31. The predicted molar refractivity (Wildman–Crippen MR) is 146 cm³/mol. The lowest BCUT2D eigenvalue weighted by Crippen LogP contribution is -2.46. The number of rotatable bonds is 8. The molecule has 2 aliphatic rings. The predicted octanol–water partition coefficient (Wildman–Crippen LogP) is 5.79. The molecule has 0 unspecified atom stereocenters. The Morgan fingerprint density at radius 2 is 1.65 bits per heavy atom. The molecular formula is C29H38ClN3O4. The number of hydrogen-bond donors (Lipinski definition) is 2. The third-order valence-electron chi connectivity index (χ3n) is 7.71.